The second-order valence-electron chi connectivity index (χ2n) is 10.1. The van der Waals surface area contributed by atoms with Crippen molar-refractivity contribution in [3.63, 3.8) is 0 Å². The molecule has 0 aromatic heterocycles. The molecule has 12 nitrogen and oxygen atoms in total. The van der Waals surface area contributed by atoms with Gasteiger partial charge in [0.25, 0.3) is 0 Å². The van der Waals surface area contributed by atoms with Crippen LogP contribution in [0.2, 0.25) is 0 Å². The van der Waals surface area contributed by atoms with E-state index in [0.717, 1.165) is 0 Å². The maximum atomic E-state index is 6.70. The third-order valence-corrected chi connectivity index (χ3v) is 13.2. The number of hydrogen-bond acceptors (Lipinski definition) is 12. The van der Waals surface area contributed by atoms with E-state index < -0.39 is 34.3 Å². The molecule has 1 unspecified atom stereocenters. The van der Waals surface area contributed by atoms with Gasteiger partial charge in [0.1, 0.15) is 0 Å². The molecule has 0 aliphatic carbocycles. The minimum absolute atomic E-state index is 0.253. The van der Waals surface area contributed by atoms with E-state index in [9.17, 15) is 0 Å². The molecule has 4 rings (SSSR count). The van der Waals surface area contributed by atoms with Crippen molar-refractivity contribution in [2.75, 3.05) is 17.2 Å². The molecule has 1 atom stereocenters. The first-order valence-electron chi connectivity index (χ1n) is 13.4. The van der Waals surface area contributed by atoms with Crippen molar-refractivity contribution in [1.29, 1.82) is 0 Å². The van der Waals surface area contributed by atoms with E-state index in [-0.39, 0.29) is 8.52 Å². The number of anilines is 3. The normalized spacial score (nSPS) is 19.8. The van der Waals surface area contributed by atoms with Gasteiger partial charge in [-0.15, -0.1) is 0 Å². The molecule has 3 aromatic carbocycles. The number of hydrogen-bond donors (Lipinski definition) is 3. The van der Waals surface area contributed by atoms with Gasteiger partial charge in [-0.1, -0.05) is 0 Å². The van der Waals surface area contributed by atoms with E-state index in [2.05, 4.69) is 0 Å². The Hall–Kier alpha value is -2.78. The summed E-state index contributed by atoms with van der Waals surface area (Å²) in [4.78, 5) is 13.0. The molecule has 42 heavy (non-hydrogen) atoms. The number of rotatable bonds is 12. The summed E-state index contributed by atoms with van der Waals surface area (Å²) in [6.07, 6.45) is -1.22. The van der Waals surface area contributed by atoms with Gasteiger partial charge >= 0.3 is 250 Å². The van der Waals surface area contributed by atoms with Crippen LogP contribution in [0.25, 0.3) is 0 Å². The zero-order valence-corrected chi connectivity index (χ0v) is 27.2. The van der Waals surface area contributed by atoms with E-state index in [1.54, 1.807) is 48.5 Å². The summed E-state index contributed by atoms with van der Waals surface area (Å²) in [5.74, 6) is 1.07. The fourth-order valence-electron chi connectivity index (χ4n) is 3.88. The first-order chi connectivity index (χ1) is 19.9. The Morgan fingerprint density at radius 3 is 1.48 bits per heavy atom. The van der Waals surface area contributed by atoms with Gasteiger partial charge in [0.2, 0.25) is 0 Å². The minimum atomic E-state index is -4.81. The predicted molar refractivity (Wildman–Crippen MR) is 170 cm³/mol. The van der Waals surface area contributed by atoms with Crippen molar-refractivity contribution in [2.24, 2.45) is 4.52 Å². The van der Waals surface area contributed by atoms with Gasteiger partial charge in [-0.25, -0.2) is 0 Å². The number of nitrogens with two attached hydrogens (primary N) is 3. The molecule has 0 bridgehead atoms. The summed E-state index contributed by atoms with van der Waals surface area (Å²) in [6.45, 7) is 11.2. The van der Waals surface area contributed by atoms with Crippen LogP contribution in [0.3, 0.4) is 0 Å². The molecule has 0 radical (unpaired) electrons. The average Bonchev–Trinajstić information content (AvgIpc) is 2.90. The van der Waals surface area contributed by atoms with Crippen molar-refractivity contribution < 1.29 is 27.8 Å². The molecule has 228 valence electrons. The number of benzene rings is 3. The Bertz CT molecular complexity index is 1370. The van der Waals surface area contributed by atoms with Crippen LogP contribution in [0.15, 0.2) is 77.3 Å². The van der Waals surface area contributed by atoms with Gasteiger partial charge < -0.3 is 0 Å². The van der Waals surface area contributed by atoms with E-state index in [0.29, 0.717) is 34.3 Å². The van der Waals surface area contributed by atoms with Crippen molar-refractivity contribution in [1.82, 2.24) is 9.21 Å². The number of para-hydroxylation sites is 6. The molecule has 0 spiro atoms. The van der Waals surface area contributed by atoms with Gasteiger partial charge in [-0.2, -0.15) is 0 Å². The predicted octanol–water partition coefficient (Wildman–Crippen LogP) is 8.09. The number of nitrogens with zero attached hydrogens (tertiary/aromatic N) is 3. The average molecular weight is 637 g/mol. The fraction of sp³-hybridized carbons (Fsp3) is 0.333. The molecule has 6 N–H and O–H groups in total. The van der Waals surface area contributed by atoms with E-state index >= 15 is 0 Å². The van der Waals surface area contributed by atoms with Gasteiger partial charge in [-0.3, -0.25) is 0 Å². The monoisotopic (exact) mass is 636 g/mol. The summed E-state index contributed by atoms with van der Waals surface area (Å²) in [5, 5.41) is 0. The zero-order valence-electron chi connectivity index (χ0n) is 24.5. The third kappa shape index (κ3) is 7.05. The van der Waals surface area contributed by atoms with Gasteiger partial charge in [0.15, 0.2) is 0 Å². The summed E-state index contributed by atoms with van der Waals surface area (Å²) >= 11 is 0. The third-order valence-electron chi connectivity index (χ3n) is 5.32. The first-order valence-corrected chi connectivity index (χ1v) is 17.3. The van der Waals surface area contributed by atoms with Gasteiger partial charge in [-0.05, 0) is 0 Å². The molecule has 0 saturated carbocycles. The summed E-state index contributed by atoms with van der Waals surface area (Å²) in [6, 6.07) is 21.2. The molecule has 15 heteroatoms. The molecule has 1 aliphatic heterocycles. The van der Waals surface area contributed by atoms with E-state index in [1.807, 2.05) is 65.8 Å². The van der Waals surface area contributed by atoms with Crippen molar-refractivity contribution >= 4 is 41.6 Å². The standard InChI is InChI=1S/C27H39N6O6P3/c1-19(2)37-42(38-20(3)4,39-21(5)6)31-40-32(34-25-16-10-7-13-22(25)28)41(36-27-18-12-9-15-24(27)30)33(42)35-26-17-11-8-14-23(26)29/h7-21H,28-30H2,1-6H3. The van der Waals surface area contributed by atoms with Crippen LogP contribution in [-0.2, 0) is 13.6 Å². The molecule has 1 heterocycles. The fourth-order valence-corrected chi connectivity index (χ4v) is 12.5. The maximum absolute atomic E-state index is 6.70. The van der Waals surface area contributed by atoms with Crippen molar-refractivity contribution in [2.45, 2.75) is 59.9 Å². The summed E-state index contributed by atoms with van der Waals surface area (Å²) in [5.41, 5.74) is 20.1. The van der Waals surface area contributed by atoms with Crippen LogP contribution in [0.5, 0.6) is 17.2 Å². The first kappa shape index (κ1) is 32.1. The van der Waals surface area contributed by atoms with E-state index in [1.165, 1.54) is 9.21 Å². The van der Waals surface area contributed by atoms with Crippen molar-refractivity contribution in [3.8, 4) is 17.2 Å². The Labute approximate surface area is 250 Å². The van der Waals surface area contributed by atoms with E-state index in [4.69, 9.17) is 49.5 Å². The van der Waals surface area contributed by atoms with Crippen molar-refractivity contribution in [3.05, 3.63) is 72.8 Å². The molecule has 3 aromatic rings. The molecule has 1 aliphatic rings. The SMILES string of the molecule is CC(C)OP1(OC(C)C)(OC(C)C)N=PN(Oc2ccccc2N)P(Oc2ccccc2N)N1Oc1ccccc1N. The Morgan fingerprint density at radius 1 is 0.643 bits per heavy atom. The van der Waals surface area contributed by atoms with Crippen LogP contribution in [0.4, 0.5) is 17.1 Å². The zero-order chi connectivity index (χ0) is 30.5. The van der Waals surface area contributed by atoms with Crippen LogP contribution in [0.1, 0.15) is 41.5 Å². The van der Waals surface area contributed by atoms with Crippen LogP contribution in [-0.4, -0.2) is 27.5 Å². The molecule has 0 amide bonds. The molecule has 0 saturated heterocycles. The molecular formula is C27H39N6O6P3. The Kier molecular flexibility index (Phi) is 10.1. The quantitative estimate of drug-likeness (QED) is 0.131. The second-order valence-corrected chi connectivity index (χ2v) is 16.0. The van der Waals surface area contributed by atoms with Crippen LogP contribution in [0, 0.1) is 0 Å². The van der Waals surface area contributed by atoms with Gasteiger partial charge in [0.05, 0.1) is 0 Å². The molecule has 0 fully saturated rings. The van der Waals surface area contributed by atoms with Gasteiger partial charge in [0, 0.05) is 0 Å². The molecular weight excluding hydrogens is 597 g/mol. The topological polar surface area (TPSA) is 152 Å². The van der Waals surface area contributed by atoms with Crippen LogP contribution >= 0.6 is 24.6 Å². The Morgan fingerprint density at radius 2 is 1.05 bits per heavy atom. The second kappa shape index (κ2) is 13.2. The summed E-state index contributed by atoms with van der Waals surface area (Å²) in [7, 11) is -6.74. The van der Waals surface area contributed by atoms with Crippen LogP contribution < -0.4 is 31.4 Å². The number of nitrogen functional groups attached to an aromatic ring is 3. The summed E-state index contributed by atoms with van der Waals surface area (Å²) < 4.78 is 34.7. The Balaban J connectivity index is 2.01.